The third kappa shape index (κ3) is 5.82. The largest absolute Gasteiger partial charge is 0.504 e. The second-order valence-electron chi connectivity index (χ2n) is 14.7. The Hall–Kier alpha value is -5.89. The first kappa shape index (κ1) is 38.0. The van der Waals surface area contributed by atoms with E-state index in [0.29, 0.717) is 22.9 Å². The summed E-state index contributed by atoms with van der Waals surface area (Å²) in [5.74, 6) is -8.08. The predicted molar refractivity (Wildman–Crippen MR) is 203 cm³/mol. The number of allylic oxidation sites excluding steroid dienone is 2. The number of aryl methyl sites for hydroxylation is 1. The molecular formula is C42H37ClF3N5O6. The molecule has 3 heterocycles. The summed E-state index contributed by atoms with van der Waals surface area (Å²) in [5, 5.41) is 14.4. The maximum Gasteiger partial charge on any atom is 0.433 e. The quantitative estimate of drug-likeness (QED) is 0.140. The highest BCUT2D eigenvalue weighted by Gasteiger charge is 2.71. The second kappa shape index (κ2) is 13.9. The number of para-hydroxylation sites is 1. The van der Waals surface area contributed by atoms with E-state index in [1.54, 1.807) is 67.6 Å². The van der Waals surface area contributed by atoms with Crippen LogP contribution >= 0.6 is 11.6 Å². The number of hydrogen-bond acceptors (Lipinski definition) is 9. The normalized spacial score (nSPS) is 25.5. The molecule has 2 saturated heterocycles. The number of halogens is 4. The average Bonchev–Trinajstić information content (AvgIpc) is 3.57. The number of anilines is 2. The van der Waals surface area contributed by atoms with Crippen LogP contribution in [0.5, 0.6) is 11.5 Å². The van der Waals surface area contributed by atoms with E-state index < -0.39 is 76.3 Å². The van der Waals surface area contributed by atoms with Gasteiger partial charge in [0, 0.05) is 18.5 Å². The Morgan fingerprint density at radius 3 is 2.35 bits per heavy atom. The zero-order valence-electron chi connectivity index (χ0n) is 31.0. The van der Waals surface area contributed by atoms with Crippen molar-refractivity contribution >= 4 is 46.7 Å². The van der Waals surface area contributed by atoms with Gasteiger partial charge in [-0.05, 0) is 68.5 Å². The summed E-state index contributed by atoms with van der Waals surface area (Å²) < 4.78 is 46.9. The first-order valence-electron chi connectivity index (χ1n) is 18.5. The van der Waals surface area contributed by atoms with Crippen LogP contribution in [0.2, 0.25) is 5.02 Å². The SMILES string of the molecule is CCOc1cccc(C2C3=CCC4C(=O)N(N(C)c5nc(C(F)(F)F)ccc5Cl)C(=O)C4C3CC3C(=O)N(Nc4ccc(C)cc4)C(=O)C32c2ccccc2)c1O. The lowest BCUT2D eigenvalue weighted by molar-refractivity contribution is -0.142. The molecule has 6 atom stereocenters. The number of ether oxygens (including phenoxy) is 1. The van der Waals surface area contributed by atoms with Gasteiger partial charge < -0.3 is 9.84 Å². The van der Waals surface area contributed by atoms with Crippen LogP contribution < -0.4 is 15.2 Å². The fourth-order valence-corrected chi connectivity index (χ4v) is 9.55. The van der Waals surface area contributed by atoms with Crippen molar-refractivity contribution in [1.29, 1.82) is 0 Å². The van der Waals surface area contributed by atoms with Crippen molar-refractivity contribution in [3.05, 3.63) is 124 Å². The third-order valence-corrected chi connectivity index (χ3v) is 12.0. The van der Waals surface area contributed by atoms with Crippen LogP contribution in [0.3, 0.4) is 0 Å². The molecular weight excluding hydrogens is 763 g/mol. The number of aromatic nitrogens is 1. The van der Waals surface area contributed by atoms with Gasteiger partial charge >= 0.3 is 6.18 Å². The molecule has 2 aliphatic heterocycles. The van der Waals surface area contributed by atoms with Crippen molar-refractivity contribution in [1.82, 2.24) is 15.0 Å². The fourth-order valence-electron chi connectivity index (χ4n) is 9.33. The number of nitrogens with one attached hydrogen (secondary N) is 1. The van der Waals surface area contributed by atoms with E-state index in [0.717, 1.165) is 26.7 Å². The van der Waals surface area contributed by atoms with Crippen LogP contribution in [0, 0.1) is 30.6 Å². The Labute approximate surface area is 330 Å². The van der Waals surface area contributed by atoms with Crippen molar-refractivity contribution in [2.75, 3.05) is 24.1 Å². The van der Waals surface area contributed by atoms with E-state index in [2.05, 4.69) is 10.4 Å². The summed E-state index contributed by atoms with van der Waals surface area (Å²) in [6.07, 6.45) is -3.03. The molecule has 3 aromatic carbocycles. The molecule has 57 heavy (non-hydrogen) atoms. The number of benzene rings is 3. The van der Waals surface area contributed by atoms with Crippen LogP contribution in [0.25, 0.3) is 0 Å². The standard InChI is InChI=1S/C42H37ClF3N5O6/c1-4-57-31-12-8-11-27(35(31)52)34-25-17-18-26-33(39(55)51(37(26)53)49(3)36-30(43)19-20-32(47-36)42(44,45)46)28(25)21-29-38(54)50(48-24-15-13-22(2)14-16-24)40(56)41(29,34)23-9-6-5-7-10-23/h5-17,19-20,26,28-29,33-34,48,52H,4,18,21H2,1-3H3. The van der Waals surface area contributed by atoms with Gasteiger partial charge in [-0.15, -0.1) is 0 Å². The average molecular weight is 800 g/mol. The highest BCUT2D eigenvalue weighted by Crippen LogP contribution is 2.65. The van der Waals surface area contributed by atoms with E-state index in [-0.39, 0.29) is 41.5 Å². The van der Waals surface area contributed by atoms with E-state index in [1.165, 1.54) is 7.05 Å². The highest BCUT2D eigenvalue weighted by molar-refractivity contribution is 6.33. The van der Waals surface area contributed by atoms with Crippen LogP contribution in [-0.2, 0) is 30.8 Å². The molecule has 4 aromatic rings. The molecule has 2 N–H and O–H groups in total. The molecule has 0 bridgehead atoms. The summed E-state index contributed by atoms with van der Waals surface area (Å²) in [7, 11) is 1.24. The van der Waals surface area contributed by atoms with Gasteiger partial charge in [-0.25, -0.2) is 4.98 Å². The molecule has 294 valence electrons. The van der Waals surface area contributed by atoms with Crippen molar-refractivity contribution < 1.29 is 42.2 Å². The number of nitrogens with zero attached hydrogens (tertiary/aromatic N) is 4. The Bertz CT molecular complexity index is 2340. The molecule has 15 heteroatoms. The first-order chi connectivity index (χ1) is 27.2. The topological polar surface area (TPSA) is 132 Å². The number of carbonyl (C=O) groups excluding carboxylic acids is 4. The first-order valence-corrected chi connectivity index (χ1v) is 18.8. The Balaban J connectivity index is 1.29. The van der Waals surface area contributed by atoms with Gasteiger partial charge in [0.25, 0.3) is 23.6 Å². The minimum absolute atomic E-state index is 0.0284. The molecule has 4 amide bonds. The van der Waals surface area contributed by atoms with E-state index in [1.807, 2.05) is 25.1 Å². The lowest BCUT2D eigenvalue weighted by Gasteiger charge is -2.50. The van der Waals surface area contributed by atoms with Crippen molar-refractivity contribution in [3.8, 4) is 11.5 Å². The predicted octanol–water partition coefficient (Wildman–Crippen LogP) is 7.20. The minimum Gasteiger partial charge on any atom is -0.504 e. The number of carbonyl (C=O) groups is 4. The van der Waals surface area contributed by atoms with E-state index in [9.17, 15) is 32.7 Å². The zero-order valence-corrected chi connectivity index (χ0v) is 31.7. The number of rotatable bonds is 8. The van der Waals surface area contributed by atoms with Gasteiger partial charge in [0.05, 0.1) is 40.5 Å². The zero-order chi connectivity index (χ0) is 40.6. The number of hydrazine groups is 2. The summed E-state index contributed by atoms with van der Waals surface area (Å²) in [6.45, 7) is 3.89. The minimum atomic E-state index is -4.83. The fraction of sp³-hybridized carbons (Fsp3) is 0.310. The van der Waals surface area contributed by atoms with Crippen LogP contribution in [0.15, 0.2) is 96.6 Å². The third-order valence-electron chi connectivity index (χ3n) is 11.7. The Kier molecular flexibility index (Phi) is 9.30. The molecule has 4 aliphatic rings. The molecule has 0 radical (unpaired) electrons. The number of imide groups is 2. The Morgan fingerprint density at radius 1 is 0.947 bits per heavy atom. The number of fused-ring (bicyclic) bond motifs is 4. The van der Waals surface area contributed by atoms with E-state index in [4.69, 9.17) is 16.3 Å². The van der Waals surface area contributed by atoms with Gasteiger partial charge in [0.15, 0.2) is 17.3 Å². The molecule has 8 rings (SSSR count). The van der Waals surface area contributed by atoms with Gasteiger partial charge in [-0.1, -0.05) is 83.4 Å². The summed E-state index contributed by atoms with van der Waals surface area (Å²) in [5.41, 5.74) is 2.93. The molecule has 6 unspecified atom stereocenters. The van der Waals surface area contributed by atoms with Gasteiger partial charge in [0.2, 0.25) is 0 Å². The summed E-state index contributed by atoms with van der Waals surface area (Å²) in [6, 6.07) is 22.6. The molecule has 1 saturated carbocycles. The lowest BCUT2D eigenvalue weighted by Crippen LogP contribution is -2.53. The van der Waals surface area contributed by atoms with Crippen LogP contribution in [0.4, 0.5) is 24.7 Å². The number of aromatic hydroxyl groups is 1. The molecule has 11 nitrogen and oxygen atoms in total. The maximum absolute atomic E-state index is 15.4. The van der Waals surface area contributed by atoms with Gasteiger partial charge in [0.1, 0.15) is 5.69 Å². The monoisotopic (exact) mass is 799 g/mol. The summed E-state index contributed by atoms with van der Waals surface area (Å²) >= 11 is 6.31. The van der Waals surface area contributed by atoms with Gasteiger partial charge in [-0.3, -0.25) is 29.6 Å². The summed E-state index contributed by atoms with van der Waals surface area (Å²) in [4.78, 5) is 62.8. The van der Waals surface area contributed by atoms with Crippen molar-refractivity contribution in [3.63, 3.8) is 0 Å². The van der Waals surface area contributed by atoms with Crippen molar-refractivity contribution in [2.45, 2.75) is 44.2 Å². The highest BCUT2D eigenvalue weighted by atomic mass is 35.5. The molecule has 3 fully saturated rings. The Morgan fingerprint density at radius 2 is 1.67 bits per heavy atom. The number of amides is 4. The number of pyridine rings is 1. The van der Waals surface area contributed by atoms with Crippen LogP contribution in [0.1, 0.15) is 48.1 Å². The van der Waals surface area contributed by atoms with E-state index >= 15 is 4.79 Å². The smallest absolute Gasteiger partial charge is 0.433 e. The molecule has 1 aromatic heterocycles. The van der Waals surface area contributed by atoms with Gasteiger partial charge in [-0.2, -0.15) is 23.2 Å². The number of alkyl halides is 3. The number of phenolic OH excluding ortho intramolecular Hbond substituents is 1. The number of hydrogen-bond donors (Lipinski definition) is 2. The number of phenols is 1. The maximum atomic E-state index is 15.4. The van der Waals surface area contributed by atoms with Crippen LogP contribution in [-0.4, -0.2) is 57.4 Å². The second-order valence-corrected chi connectivity index (χ2v) is 15.1. The molecule has 2 aliphatic carbocycles. The van der Waals surface area contributed by atoms with Crippen molar-refractivity contribution in [2.24, 2.45) is 23.7 Å². The molecule has 0 spiro atoms. The lowest BCUT2D eigenvalue weighted by atomic mass is 9.49.